The van der Waals surface area contributed by atoms with Gasteiger partial charge in [0.05, 0.1) is 0 Å². The van der Waals surface area contributed by atoms with Crippen molar-refractivity contribution in [3.8, 4) is 0 Å². The topological polar surface area (TPSA) is 52.0 Å². The lowest BCUT2D eigenvalue weighted by atomic mass is 10.0. The van der Waals surface area contributed by atoms with Gasteiger partial charge in [0, 0.05) is 12.6 Å². The fraction of sp³-hybridized carbons (Fsp3) is 0.133. The first-order chi connectivity index (χ1) is 8.70. The molecule has 0 atom stereocenters. The lowest BCUT2D eigenvalue weighted by molar-refractivity contribution is 0.561. The molecule has 3 heteroatoms. The minimum atomic E-state index is 0.703. The molecule has 0 aliphatic rings. The number of aryl methyl sites for hydroxylation is 1. The van der Waals surface area contributed by atoms with Gasteiger partial charge in [-0.25, -0.2) is 4.98 Å². The van der Waals surface area contributed by atoms with Gasteiger partial charge in [-0.3, -0.25) is 0 Å². The number of oxazole rings is 1. The standard InChI is InChI=1S/C15H14N2O/c1-10-17-14-7-4-12(9-15(14)18-10)8-11-2-5-13(16)6-3-11/h2-7,9H,8,16H2,1H3. The highest BCUT2D eigenvalue weighted by Crippen LogP contribution is 2.19. The summed E-state index contributed by atoms with van der Waals surface area (Å²) < 4.78 is 5.53. The summed E-state index contributed by atoms with van der Waals surface area (Å²) in [5.41, 5.74) is 10.7. The van der Waals surface area contributed by atoms with Crippen LogP contribution in [0.1, 0.15) is 17.0 Å². The first kappa shape index (κ1) is 10.8. The summed E-state index contributed by atoms with van der Waals surface area (Å²) in [5.74, 6) is 0.703. The maximum Gasteiger partial charge on any atom is 0.192 e. The van der Waals surface area contributed by atoms with E-state index >= 15 is 0 Å². The van der Waals surface area contributed by atoms with Crippen LogP contribution in [0, 0.1) is 6.92 Å². The zero-order valence-corrected chi connectivity index (χ0v) is 10.2. The van der Waals surface area contributed by atoms with Crippen molar-refractivity contribution in [1.29, 1.82) is 0 Å². The van der Waals surface area contributed by atoms with Crippen molar-refractivity contribution in [3.05, 3.63) is 59.5 Å². The van der Waals surface area contributed by atoms with Crippen molar-refractivity contribution in [1.82, 2.24) is 4.98 Å². The summed E-state index contributed by atoms with van der Waals surface area (Å²) >= 11 is 0. The third-order valence-electron chi connectivity index (χ3n) is 2.95. The summed E-state index contributed by atoms with van der Waals surface area (Å²) in [5, 5.41) is 0. The second-order valence-corrected chi connectivity index (χ2v) is 4.45. The average molecular weight is 238 g/mol. The van der Waals surface area contributed by atoms with E-state index in [9.17, 15) is 0 Å². The molecule has 0 saturated heterocycles. The molecule has 3 aromatic rings. The summed E-state index contributed by atoms with van der Waals surface area (Å²) in [6, 6.07) is 14.1. The normalized spacial score (nSPS) is 10.9. The monoisotopic (exact) mass is 238 g/mol. The minimum Gasteiger partial charge on any atom is -0.441 e. The van der Waals surface area contributed by atoms with E-state index in [4.69, 9.17) is 10.2 Å². The van der Waals surface area contributed by atoms with Gasteiger partial charge >= 0.3 is 0 Å². The molecule has 1 aromatic heterocycles. The van der Waals surface area contributed by atoms with Crippen molar-refractivity contribution in [2.24, 2.45) is 0 Å². The Labute approximate surface area is 105 Å². The van der Waals surface area contributed by atoms with Crippen LogP contribution in [0.4, 0.5) is 5.69 Å². The molecule has 0 aliphatic carbocycles. The first-order valence-electron chi connectivity index (χ1n) is 5.91. The van der Waals surface area contributed by atoms with Gasteiger partial charge in [0.25, 0.3) is 0 Å². The Morgan fingerprint density at radius 3 is 2.56 bits per heavy atom. The van der Waals surface area contributed by atoms with Gasteiger partial charge < -0.3 is 10.2 Å². The first-order valence-corrected chi connectivity index (χ1v) is 5.91. The SMILES string of the molecule is Cc1nc2ccc(Cc3ccc(N)cc3)cc2o1. The maximum absolute atomic E-state index is 5.67. The second kappa shape index (κ2) is 4.18. The predicted molar refractivity (Wildman–Crippen MR) is 72.4 cm³/mol. The zero-order valence-electron chi connectivity index (χ0n) is 10.2. The van der Waals surface area contributed by atoms with E-state index in [1.807, 2.05) is 43.3 Å². The smallest absolute Gasteiger partial charge is 0.192 e. The van der Waals surface area contributed by atoms with Gasteiger partial charge in [0.15, 0.2) is 11.5 Å². The van der Waals surface area contributed by atoms with E-state index in [1.54, 1.807) is 0 Å². The molecular formula is C15H14N2O. The van der Waals surface area contributed by atoms with Gasteiger partial charge in [-0.1, -0.05) is 18.2 Å². The van der Waals surface area contributed by atoms with Gasteiger partial charge in [-0.2, -0.15) is 0 Å². The number of aromatic nitrogens is 1. The molecule has 1 heterocycles. The highest BCUT2D eigenvalue weighted by atomic mass is 16.3. The van der Waals surface area contributed by atoms with Gasteiger partial charge in [-0.15, -0.1) is 0 Å². The van der Waals surface area contributed by atoms with Crippen LogP contribution in [0.3, 0.4) is 0 Å². The fourth-order valence-electron chi connectivity index (χ4n) is 2.07. The van der Waals surface area contributed by atoms with E-state index in [0.717, 1.165) is 23.2 Å². The van der Waals surface area contributed by atoms with Gasteiger partial charge in [-0.05, 0) is 41.8 Å². The number of hydrogen-bond donors (Lipinski definition) is 1. The van der Waals surface area contributed by atoms with E-state index in [0.29, 0.717) is 5.89 Å². The quantitative estimate of drug-likeness (QED) is 0.697. The molecule has 3 nitrogen and oxygen atoms in total. The molecule has 0 aliphatic heterocycles. The minimum absolute atomic E-state index is 0.703. The summed E-state index contributed by atoms with van der Waals surface area (Å²) in [7, 11) is 0. The van der Waals surface area contributed by atoms with E-state index in [1.165, 1.54) is 11.1 Å². The van der Waals surface area contributed by atoms with Crippen LogP contribution < -0.4 is 5.73 Å². The number of rotatable bonds is 2. The molecule has 2 aromatic carbocycles. The maximum atomic E-state index is 5.67. The third-order valence-corrected chi connectivity index (χ3v) is 2.95. The highest BCUT2D eigenvalue weighted by Gasteiger charge is 2.03. The number of hydrogen-bond acceptors (Lipinski definition) is 3. The van der Waals surface area contributed by atoms with Crippen LogP contribution in [0.25, 0.3) is 11.1 Å². The van der Waals surface area contributed by atoms with Gasteiger partial charge in [0.1, 0.15) is 5.52 Å². The Balaban J connectivity index is 1.92. The molecule has 0 amide bonds. The predicted octanol–water partition coefficient (Wildman–Crippen LogP) is 3.31. The third kappa shape index (κ3) is 2.07. The van der Waals surface area contributed by atoms with Crippen molar-refractivity contribution in [2.75, 3.05) is 5.73 Å². The number of benzene rings is 2. The molecule has 3 rings (SSSR count). The van der Waals surface area contributed by atoms with Crippen LogP contribution in [-0.4, -0.2) is 4.98 Å². The van der Waals surface area contributed by atoms with E-state index < -0.39 is 0 Å². The second-order valence-electron chi connectivity index (χ2n) is 4.45. The van der Waals surface area contributed by atoms with E-state index in [-0.39, 0.29) is 0 Å². The van der Waals surface area contributed by atoms with Crippen LogP contribution in [0.5, 0.6) is 0 Å². The molecule has 90 valence electrons. The number of nitrogens with zero attached hydrogens (tertiary/aromatic N) is 1. The van der Waals surface area contributed by atoms with Crippen LogP contribution >= 0.6 is 0 Å². The van der Waals surface area contributed by atoms with Crippen molar-refractivity contribution in [3.63, 3.8) is 0 Å². The lowest BCUT2D eigenvalue weighted by Crippen LogP contribution is -1.89. The summed E-state index contributed by atoms with van der Waals surface area (Å²) in [6.07, 6.45) is 0.871. The van der Waals surface area contributed by atoms with E-state index in [2.05, 4.69) is 11.1 Å². The number of nitrogen functional groups attached to an aromatic ring is 1. The zero-order chi connectivity index (χ0) is 12.5. The number of fused-ring (bicyclic) bond motifs is 1. The number of anilines is 1. The Kier molecular flexibility index (Phi) is 2.52. The number of nitrogens with two attached hydrogens (primary N) is 1. The molecule has 0 fully saturated rings. The Morgan fingerprint density at radius 1 is 1.06 bits per heavy atom. The molecule has 0 bridgehead atoms. The Morgan fingerprint density at radius 2 is 1.78 bits per heavy atom. The molecule has 0 unspecified atom stereocenters. The van der Waals surface area contributed by atoms with Crippen molar-refractivity contribution < 1.29 is 4.42 Å². The lowest BCUT2D eigenvalue weighted by Gasteiger charge is -2.02. The fourth-order valence-corrected chi connectivity index (χ4v) is 2.07. The molecule has 2 N–H and O–H groups in total. The Bertz CT molecular complexity index is 683. The summed E-state index contributed by atoms with van der Waals surface area (Å²) in [4.78, 5) is 4.29. The average Bonchev–Trinajstić information content (AvgIpc) is 2.71. The molecule has 0 saturated carbocycles. The van der Waals surface area contributed by atoms with Crippen molar-refractivity contribution >= 4 is 16.8 Å². The molecule has 18 heavy (non-hydrogen) atoms. The van der Waals surface area contributed by atoms with Crippen molar-refractivity contribution in [2.45, 2.75) is 13.3 Å². The molecule has 0 spiro atoms. The van der Waals surface area contributed by atoms with Crippen LogP contribution in [0.15, 0.2) is 46.9 Å². The molecule has 0 radical (unpaired) electrons. The Hall–Kier alpha value is -2.29. The van der Waals surface area contributed by atoms with Gasteiger partial charge in [0.2, 0.25) is 0 Å². The highest BCUT2D eigenvalue weighted by molar-refractivity contribution is 5.73. The summed E-state index contributed by atoms with van der Waals surface area (Å²) in [6.45, 7) is 1.86. The molecular weight excluding hydrogens is 224 g/mol. The largest absolute Gasteiger partial charge is 0.441 e. The van der Waals surface area contributed by atoms with Crippen LogP contribution in [0.2, 0.25) is 0 Å². The van der Waals surface area contributed by atoms with Crippen LogP contribution in [-0.2, 0) is 6.42 Å².